The molecule has 1 N–H and O–H groups in total. The molecule has 1 aromatic carbocycles. The number of carbonyl (C=O) groups is 1. The van der Waals surface area contributed by atoms with Crippen molar-refractivity contribution in [2.75, 3.05) is 18.4 Å². The predicted molar refractivity (Wildman–Crippen MR) is 119 cm³/mol. The van der Waals surface area contributed by atoms with Crippen molar-refractivity contribution in [3.8, 4) is 0 Å². The number of piperidine rings is 1. The second kappa shape index (κ2) is 8.74. The minimum Gasteiger partial charge on any atom is -0.459 e. The highest BCUT2D eigenvalue weighted by Gasteiger charge is 2.29. The van der Waals surface area contributed by atoms with E-state index < -0.39 is 0 Å². The van der Waals surface area contributed by atoms with Crippen LogP contribution in [0.25, 0.3) is 0 Å². The summed E-state index contributed by atoms with van der Waals surface area (Å²) in [6.45, 7) is 6.44. The number of nitrogens with zero attached hydrogens (tertiary/aromatic N) is 1. The van der Waals surface area contributed by atoms with Crippen LogP contribution >= 0.6 is 22.9 Å². The van der Waals surface area contributed by atoms with Gasteiger partial charge in [-0.3, -0.25) is 9.69 Å². The first-order chi connectivity index (χ1) is 14.0. The van der Waals surface area contributed by atoms with Crippen molar-refractivity contribution < 1.29 is 9.21 Å². The molecule has 4 nitrogen and oxygen atoms in total. The van der Waals surface area contributed by atoms with Crippen LogP contribution in [0, 0.1) is 12.8 Å². The second-order valence-electron chi connectivity index (χ2n) is 7.75. The van der Waals surface area contributed by atoms with Gasteiger partial charge in [-0.15, -0.1) is 11.3 Å². The summed E-state index contributed by atoms with van der Waals surface area (Å²) in [6, 6.07) is 13.7. The number of anilines is 1. The molecule has 0 spiro atoms. The Morgan fingerprint density at radius 1 is 1.24 bits per heavy atom. The monoisotopic (exact) mass is 428 g/mol. The van der Waals surface area contributed by atoms with Crippen LogP contribution in [0.2, 0.25) is 5.02 Å². The van der Waals surface area contributed by atoms with Gasteiger partial charge in [0.25, 0.3) is 5.91 Å². The zero-order valence-electron chi connectivity index (χ0n) is 16.7. The number of aryl methyl sites for hydroxylation is 1. The molecule has 2 aromatic heterocycles. The minimum absolute atomic E-state index is 0.0538. The maximum Gasteiger partial charge on any atom is 0.291 e. The van der Waals surface area contributed by atoms with E-state index in [4.69, 9.17) is 16.0 Å². The molecular formula is C23H25ClN2O2S. The van der Waals surface area contributed by atoms with Crippen LogP contribution in [-0.4, -0.2) is 23.9 Å². The first-order valence-corrected chi connectivity index (χ1v) is 11.2. The number of amides is 1. The maximum absolute atomic E-state index is 12.6. The molecule has 1 aliphatic rings. The molecule has 1 unspecified atom stereocenters. The van der Waals surface area contributed by atoms with E-state index >= 15 is 0 Å². The average Bonchev–Trinajstić information content (AvgIpc) is 3.34. The number of benzene rings is 1. The molecule has 0 saturated carbocycles. The summed E-state index contributed by atoms with van der Waals surface area (Å²) >= 11 is 7.94. The lowest BCUT2D eigenvalue weighted by molar-refractivity contribution is 0.0996. The SMILES string of the molecule is Cc1cc(C(c2cccc(Cl)c2)N2CCC(C)CC2)c(NC(=O)c2ccco2)s1. The van der Waals surface area contributed by atoms with Crippen LogP contribution in [0.15, 0.2) is 53.1 Å². The number of thiophene rings is 1. The third-order valence-electron chi connectivity index (χ3n) is 5.50. The number of likely N-dealkylation sites (tertiary alicyclic amines) is 1. The van der Waals surface area contributed by atoms with Gasteiger partial charge >= 0.3 is 0 Å². The van der Waals surface area contributed by atoms with Crippen molar-refractivity contribution in [1.29, 1.82) is 0 Å². The van der Waals surface area contributed by atoms with E-state index in [0.29, 0.717) is 5.76 Å². The fourth-order valence-electron chi connectivity index (χ4n) is 3.96. The van der Waals surface area contributed by atoms with Gasteiger partial charge in [-0.25, -0.2) is 0 Å². The lowest BCUT2D eigenvalue weighted by atomic mass is 9.93. The standard InChI is InChI=1S/C23H25ClN2O2S/c1-15-8-10-26(11-9-15)21(17-5-3-6-18(24)14-17)19-13-16(2)29-23(19)25-22(27)20-7-4-12-28-20/h3-7,12-15,21H,8-11H2,1-2H3,(H,25,27). The molecule has 152 valence electrons. The molecule has 1 amide bonds. The smallest absolute Gasteiger partial charge is 0.291 e. The number of hydrogen-bond donors (Lipinski definition) is 1. The van der Waals surface area contributed by atoms with Crippen molar-refractivity contribution >= 4 is 33.8 Å². The fourth-order valence-corrected chi connectivity index (χ4v) is 5.10. The van der Waals surface area contributed by atoms with Gasteiger partial charge in [0.1, 0.15) is 5.00 Å². The van der Waals surface area contributed by atoms with Gasteiger partial charge in [-0.1, -0.05) is 30.7 Å². The van der Waals surface area contributed by atoms with Crippen molar-refractivity contribution in [3.63, 3.8) is 0 Å². The molecule has 1 saturated heterocycles. The van der Waals surface area contributed by atoms with Gasteiger partial charge in [-0.05, 0) is 74.7 Å². The molecule has 0 radical (unpaired) electrons. The van der Waals surface area contributed by atoms with Crippen LogP contribution in [-0.2, 0) is 0 Å². The van der Waals surface area contributed by atoms with E-state index in [9.17, 15) is 4.79 Å². The summed E-state index contributed by atoms with van der Waals surface area (Å²) in [5.74, 6) is 0.830. The topological polar surface area (TPSA) is 45.5 Å². The molecule has 6 heteroatoms. The predicted octanol–water partition coefficient (Wildman–Crippen LogP) is 6.38. The third-order valence-corrected chi connectivity index (χ3v) is 6.72. The number of rotatable bonds is 5. The van der Waals surface area contributed by atoms with E-state index in [1.807, 2.05) is 18.2 Å². The molecule has 0 bridgehead atoms. The average molecular weight is 429 g/mol. The lowest BCUT2D eigenvalue weighted by Gasteiger charge is -2.37. The highest BCUT2D eigenvalue weighted by molar-refractivity contribution is 7.16. The Hall–Kier alpha value is -2.08. The van der Waals surface area contributed by atoms with Crippen LogP contribution in [0.5, 0.6) is 0 Å². The Bertz CT molecular complexity index is 975. The summed E-state index contributed by atoms with van der Waals surface area (Å²) in [5, 5.41) is 4.67. The Morgan fingerprint density at radius 2 is 2.03 bits per heavy atom. The molecule has 29 heavy (non-hydrogen) atoms. The molecule has 4 rings (SSSR count). The number of furan rings is 1. The van der Waals surface area contributed by atoms with Crippen molar-refractivity contribution in [2.24, 2.45) is 5.92 Å². The Balaban J connectivity index is 1.71. The normalized spacial score (nSPS) is 16.7. The van der Waals surface area contributed by atoms with Gasteiger partial charge in [0.05, 0.1) is 12.3 Å². The summed E-state index contributed by atoms with van der Waals surface area (Å²) in [6.07, 6.45) is 3.86. The zero-order chi connectivity index (χ0) is 20.4. The zero-order valence-corrected chi connectivity index (χ0v) is 18.2. The number of halogens is 1. The van der Waals surface area contributed by atoms with Gasteiger partial charge in [-0.2, -0.15) is 0 Å². The molecule has 3 aromatic rings. The van der Waals surface area contributed by atoms with Crippen LogP contribution < -0.4 is 5.32 Å². The lowest BCUT2D eigenvalue weighted by Crippen LogP contribution is -2.37. The van der Waals surface area contributed by atoms with Crippen molar-refractivity contribution in [1.82, 2.24) is 4.90 Å². The Labute approximate surface area is 180 Å². The summed E-state index contributed by atoms with van der Waals surface area (Å²) in [4.78, 5) is 16.3. The summed E-state index contributed by atoms with van der Waals surface area (Å²) < 4.78 is 5.27. The van der Waals surface area contributed by atoms with E-state index in [1.54, 1.807) is 23.5 Å². The molecule has 1 fully saturated rings. The number of hydrogen-bond acceptors (Lipinski definition) is 4. The quantitative estimate of drug-likeness (QED) is 0.513. The highest BCUT2D eigenvalue weighted by atomic mass is 35.5. The van der Waals surface area contributed by atoms with Gasteiger partial charge in [0, 0.05) is 15.5 Å². The maximum atomic E-state index is 12.6. The van der Waals surface area contributed by atoms with Gasteiger partial charge < -0.3 is 9.73 Å². The third kappa shape index (κ3) is 4.58. The number of nitrogens with one attached hydrogen (secondary N) is 1. The highest BCUT2D eigenvalue weighted by Crippen LogP contribution is 2.41. The molecule has 1 aliphatic heterocycles. The van der Waals surface area contributed by atoms with Crippen LogP contribution in [0.1, 0.15) is 52.4 Å². The molecule has 1 atom stereocenters. The van der Waals surface area contributed by atoms with Crippen molar-refractivity contribution in [2.45, 2.75) is 32.7 Å². The first-order valence-electron chi connectivity index (χ1n) is 9.96. The first kappa shape index (κ1) is 20.2. The molecule has 0 aliphatic carbocycles. The van der Waals surface area contributed by atoms with Crippen LogP contribution in [0.3, 0.4) is 0 Å². The second-order valence-corrected chi connectivity index (χ2v) is 9.44. The number of carbonyl (C=O) groups excluding carboxylic acids is 1. The minimum atomic E-state index is -0.227. The van der Waals surface area contributed by atoms with Gasteiger partial charge in [0.2, 0.25) is 0 Å². The molecule has 3 heterocycles. The largest absolute Gasteiger partial charge is 0.459 e. The fraction of sp³-hybridized carbons (Fsp3) is 0.348. The Kier molecular flexibility index (Phi) is 6.09. The molecular weight excluding hydrogens is 404 g/mol. The summed E-state index contributed by atoms with van der Waals surface area (Å²) in [5.41, 5.74) is 2.27. The Morgan fingerprint density at radius 3 is 2.72 bits per heavy atom. The summed E-state index contributed by atoms with van der Waals surface area (Å²) in [7, 11) is 0. The van der Waals surface area contributed by atoms with Crippen LogP contribution in [0.4, 0.5) is 5.00 Å². The van der Waals surface area contributed by atoms with E-state index in [2.05, 4.69) is 36.2 Å². The van der Waals surface area contributed by atoms with Gasteiger partial charge in [0.15, 0.2) is 5.76 Å². The van der Waals surface area contributed by atoms with E-state index in [0.717, 1.165) is 45.0 Å². The van der Waals surface area contributed by atoms with Crippen molar-refractivity contribution in [3.05, 3.63) is 75.5 Å². The van der Waals surface area contributed by atoms with E-state index in [-0.39, 0.29) is 11.9 Å². The van der Waals surface area contributed by atoms with E-state index in [1.165, 1.54) is 19.1 Å².